The number of aryl methyl sites for hydroxylation is 1. The Morgan fingerprint density at radius 1 is 1.12 bits per heavy atom. The van der Waals surface area contributed by atoms with Crippen LogP contribution in [0.1, 0.15) is 48.1 Å². The van der Waals surface area contributed by atoms with Gasteiger partial charge in [0.2, 0.25) is 0 Å². The molecular formula is C17H30N4O3S. The Morgan fingerprint density at radius 3 is 2.28 bits per heavy atom. The molecule has 0 saturated carbocycles. The Kier molecular flexibility index (Phi) is 5.96. The topological polar surface area (TPSA) is 65.9 Å². The summed E-state index contributed by atoms with van der Waals surface area (Å²) in [6.07, 6.45) is 0.641. The van der Waals surface area contributed by atoms with Crippen LogP contribution in [0, 0.1) is 13.8 Å². The van der Waals surface area contributed by atoms with E-state index in [0.717, 1.165) is 17.0 Å². The van der Waals surface area contributed by atoms with E-state index in [-0.39, 0.29) is 5.91 Å². The number of aromatic nitrogens is 1. The van der Waals surface area contributed by atoms with E-state index in [4.69, 9.17) is 0 Å². The van der Waals surface area contributed by atoms with Crippen molar-refractivity contribution in [1.82, 2.24) is 18.1 Å². The fourth-order valence-corrected chi connectivity index (χ4v) is 4.65. The molecule has 142 valence electrons. The van der Waals surface area contributed by atoms with Crippen LogP contribution in [0.2, 0.25) is 0 Å². The maximum Gasteiger partial charge on any atom is 0.281 e. The molecule has 1 aromatic rings. The number of nitrogens with zero attached hydrogens (tertiary/aromatic N) is 4. The predicted molar refractivity (Wildman–Crippen MR) is 99.0 cm³/mol. The lowest BCUT2D eigenvalue weighted by Gasteiger charge is -2.24. The molecule has 0 N–H and O–H groups in total. The molecule has 1 aliphatic rings. The predicted octanol–water partition coefficient (Wildman–Crippen LogP) is 1.64. The number of rotatable bonds is 4. The first-order valence-electron chi connectivity index (χ1n) is 8.72. The third-order valence-electron chi connectivity index (χ3n) is 4.76. The minimum absolute atomic E-state index is 0.0101. The Labute approximate surface area is 151 Å². The monoisotopic (exact) mass is 370 g/mol. The summed E-state index contributed by atoms with van der Waals surface area (Å²) in [5.41, 5.74) is 2.76. The highest BCUT2D eigenvalue weighted by Crippen LogP contribution is 2.22. The molecule has 0 atom stereocenters. The molecular weight excluding hydrogens is 340 g/mol. The minimum Gasteiger partial charge on any atom is -0.346 e. The maximum atomic E-state index is 13.0. The van der Waals surface area contributed by atoms with Gasteiger partial charge in [0, 0.05) is 57.7 Å². The van der Waals surface area contributed by atoms with Crippen molar-refractivity contribution in [3.63, 3.8) is 0 Å². The quantitative estimate of drug-likeness (QED) is 0.809. The normalized spacial score (nSPS) is 17.4. The van der Waals surface area contributed by atoms with E-state index < -0.39 is 10.2 Å². The smallest absolute Gasteiger partial charge is 0.281 e. The van der Waals surface area contributed by atoms with Crippen LogP contribution in [0.25, 0.3) is 0 Å². The third-order valence-corrected chi connectivity index (χ3v) is 6.70. The summed E-state index contributed by atoms with van der Waals surface area (Å²) >= 11 is 0. The van der Waals surface area contributed by atoms with Crippen molar-refractivity contribution >= 4 is 16.1 Å². The van der Waals surface area contributed by atoms with Gasteiger partial charge in [0.05, 0.1) is 5.56 Å². The van der Waals surface area contributed by atoms with Crippen LogP contribution in [0.5, 0.6) is 0 Å². The average molecular weight is 371 g/mol. The first-order valence-corrected chi connectivity index (χ1v) is 10.1. The van der Waals surface area contributed by atoms with E-state index in [1.807, 2.05) is 19.9 Å². The molecule has 2 rings (SSSR count). The highest BCUT2D eigenvalue weighted by atomic mass is 32.2. The molecule has 0 aliphatic carbocycles. The SMILES string of the molecule is Cc1cc(C(=O)N2CCCN(S(=O)(=O)N(C)C)CC2)c(C)n1C(C)C. The van der Waals surface area contributed by atoms with Gasteiger partial charge in [-0.1, -0.05) is 0 Å². The molecule has 7 nitrogen and oxygen atoms in total. The molecule has 1 amide bonds. The second kappa shape index (κ2) is 7.47. The van der Waals surface area contributed by atoms with Gasteiger partial charge < -0.3 is 9.47 Å². The Balaban J connectivity index is 2.18. The molecule has 0 aromatic carbocycles. The lowest BCUT2D eigenvalue weighted by atomic mass is 10.2. The van der Waals surface area contributed by atoms with E-state index in [9.17, 15) is 13.2 Å². The zero-order valence-corrected chi connectivity index (χ0v) is 16.9. The van der Waals surface area contributed by atoms with Gasteiger partial charge in [0.1, 0.15) is 0 Å². The number of carbonyl (C=O) groups is 1. The van der Waals surface area contributed by atoms with E-state index in [1.165, 1.54) is 22.7 Å². The fourth-order valence-electron chi connectivity index (χ4n) is 3.52. The van der Waals surface area contributed by atoms with Crippen molar-refractivity contribution in [2.24, 2.45) is 0 Å². The van der Waals surface area contributed by atoms with Crippen LogP contribution >= 0.6 is 0 Å². The van der Waals surface area contributed by atoms with Crippen LogP contribution < -0.4 is 0 Å². The number of amides is 1. The standard InChI is InChI=1S/C17H30N4O3S/c1-13(2)21-14(3)12-16(15(21)4)17(22)19-8-7-9-20(11-10-19)25(23,24)18(5)6/h12-13H,7-11H2,1-6H3. The van der Waals surface area contributed by atoms with Crippen molar-refractivity contribution < 1.29 is 13.2 Å². The largest absolute Gasteiger partial charge is 0.346 e. The van der Waals surface area contributed by atoms with Crippen molar-refractivity contribution in [1.29, 1.82) is 0 Å². The van der Waals surface area contributed by atoms with Crippen LogP contribution in [-0.4, -0.2) is 72.7 Å². The third kappa shape index (κ3) is 3.91. The molecule has 8 heteroatoms. The fraction of sp³-hybridized carbons (Fsp3) is 0.706. The van der Waals surface area contributed by atoms with Gasteiger partial charge in [-0.05, 0) is 40.2 Å². The highest BCUT2D eigenvalue weighted by Gasteiger charge is 2.29. The van der Waals surface area contributed by atoms with E-state index in [2.05, 4.69) is 18.4 Å². The molecule has 25 heavy (non-hydrogen) atoms. The van der Waals surface area contributed by atoms with Gasteiger partial charge in [0.25, 0.3) is 16.1 Å². The Bertz CT molecular complexity index is 737. The van der Waals surface area contributed by atoms with Crippen molar-refractivity contribution in [3.05, 3.63) is 23.0 Å². The van der Waals surface area contributed by atoms with Gasteiger partial charge in [-0.25, -0.2) is 0 Å². The highest BCUT2D eigenvalue weighted by molar-refractivity contribution is 7.86. The Hall–Kier alpha value is -1.38. The first kappa shape index (κ1) is 19.9. The second-order valence-corrected chi connectivity index (χ2v) is 9.23. The summed E-state index contributed by atoms with van der Waals surface area (Å²) in [7, 11) is -0.371. The van der Waals surface area contributed by atoms with Gasteiger partial charge in [-0.3, -0.25) is 4.79 Å². The van der Waals surface area contributed by atoms with Crippen molar-refractivity contribution in [2.45, 2.75) is 40.2 Å². The van der Waals surface area contributed by atoms with Gasteiger partial charge in [0.15, 0.2) is 0 Å². The molecule has 1 aromatic heterocycles. The van der Waals surface area contributed by atoms with Crippen molar-refractivity contribution in [3.8, 4) is 0 Å². The summed E-state index contributed by atoms with van der Waals surface area (Å²) in [4.78, 5) is 14.8. The number of hydrogen-bond acceptors (Lipinski definition) is 3. The molecule has 0 unspecified atom stereocenters. The number of hydrogen-bond donors (Lipinski definition) is 0. The lowest BCUT2D eigenvalue weighted by Crippen LogP contribution is -2.42. The van der Waals surface area contributed by atoms with E-state index >= 15 is 0 Å². The average Bonchev–Trinajstić information content (AvgIpc) is 2.70. The van der Waals surface area contributed by atoms with Gasteiger partial charge >= 0.3 is 0 Å². The lowest BCUT2D eigenvalue weighted by molar-refractivity contribution is 0.0763. The molecule has 0 bridgehead atoms. The summed E-state index contributed by atoms with van der Waals surface area (Å²) in [6, 6.07) is 2.24. The summed E-state index contributed by atoms with van der Waals surface area (Å²) in [6.45, 7) is 9.94. The zero-order chi connectivity index (χ0) is 18.9. The zero-order valence-electron chi connectivity index (χ0n) is 16.1. The molecule has 0 radical (unpaired) electrons. The van der Waals surface area contributed by atoms with Crippen LogP contribution in [0.4, 0.5) is 0 Å². The van der Waals surface area contributed by atoms with Crippen LogP contribution in [-0.2, 0) is 10.2 Å². The molecule has 0 spiro atoms. The first-order chi connectivity index (χ1) is 11.6. The summed E-state index contributed by atoms with van der Waals surface area (Å²) < 4.78 is 29.5. The maximum absolute atomic E-state index is 13.0. The summed E-state index contributed by atoms with van der Waals surface area (Å²) in [5.74, 6) is -0.0101. The Morgan fingerprint density at radius 2 is 1.76 bits per heavy atom. The molecule has 2 heterocycles. The minimum atomic E-state index is -3.43. The molecule has 1 aliphatic heterocycles. The van der Waals surface area contributed by atoms with E-state index in [1.54, 1.807) is 4.90 Å². The van der Waals surface area contributed by atoms with Crippen LogP contribution in [0.15, 0.2) is 6.07 Å². The van der Waals surface area contributed by atoms with Crippen molar-refractivity contribution in [2.75, 3.05) is 40.3 Å². The second-order valence-electron chi connectivity index (χ2n) is 7.08. The number of carbonyl (C=O) groups excluding carboxylic acids is 1. The van der Waals surface area contributed by atoms with E-state index in [0.29, 0.717) is 38.6 Å². The van der Waals surface area contributed by atoms with Gasteiger partial charge in [-0.2, -0.15) is 17.0 Å². The van der Waals surface area contributed by atoms with Crippen LogP contribution in [0.3, 0.4) is 0 Å². The molecule has 1 fully saturated rings. The molecule has 1 saturated heterocycles. The van der Waals surface area contributed by atoms with Gasteiger partial charge in [-0.15, -0.1) is 0 Å². The summed E-state index contributed by atoms with van der Waals surface area (Å²) in [5, 5.41) is 0.